The van der Waals surface area contributed by atoms with Crippen molar-refractivity contribution in [2.75, 3.05) is 0 Å². The van der Waals surface area contributed by atoms with Gasteiger partial charge in [0.25, 0.3) is 0 Å². The summed E-state index contributed by atoms with van der Waals surface area (Å²) in [4.78, 5) is 9.71. The van der Waals surface area contributed by atoms with Crippen LogP contribution >= 0.6 is 12.4 Å². The van der Waals surface area contributed by atoms with Crippen LogP contribution in [0.5, 0.6) is 0 Å². The number of hydrogen-bond donors (Lipinski definition) is 6. The van der Waals surface area contributed by atoms with Gasteiger partial charge in [0.05, 0.1) is 0 Å². The van der Waals surface area contributed by atoms with Gasteiger partial charge in [0, 0.05) is 0 Å². The van der Waals surface area contributed by atoms with Crippen molar-refractivity contribution in [2.24, 2.45) is 23.4 Å². The summed E-state index contributed by atoms with van der Waals surface area (Å²) in [6.07, 6.45) is 0. The molecule has 9 heavy (non-hydrogen) atoms. The van der Waals surface area contributed by atoms with Gasteiger partial charge in [0.2, 0.25) is 0 Å². The lowest BCUT2D eigenvalue weighted by Crippen LogP contribution is -2.43. The highest BCUT2D eigenvalue weighted by molar-refractivity contribution is 5.85. The maximum absolute atomic E-state index is 9.71. The maximum atomic E-state index is 9.71. The standard InChI is InChI=1S/CH6N4O.ClH.H4N2/c2-4-1(6)5-3;;1-2/h2-3H2,(H2,4,5,6);1H;1-2H2. The van der Waals surface area contributed by atoms with E-state index in [1.54, 1.807) is 10.9 Å². The molecule has 0 spiro atoms. The molecule has 0 bridgehead atoms. The normalized spacial score (nSPS) is 5.33. The molecule has 58 valence electrons. The zero-order chi connectivity index (χ0) is 6.99. The van der Waals surface area contributed by atoms with E-state index in [0.717, 1.165) is 0 Å². The summed E-state index contributed by atoms with van der Waals surface area (Å²) in [5.74, 6) is 17.1. The Hall–Kier alpha value is -0.600. The molecule has 0 saturated heterocycles. The van der Waals surface area contributed by atoms with Gasteiger partial charge in [-0.3, -0.25) is 22.5 Å². The second-order valence-corrected chi connectivity index (χ2v) is 0.618. The summed E-state index contributed by atoms with van der Waals surface area (Å²) in [6.45, 7) is 0. The summed E-state index contributed by atoms with van der Waals surface area (Å²) < 4.78 is 0. The van der Waals surface area contributed by atoms with Crippen LogP contribution in [-0.2, 0) is 0 Å². The first-order chi connectivity index (χ1) is 3.81. The zero-order valence-corrected chi connectivity index (χ0v) is 5.44. The number of urea groups is 1. The molecule has 8 heteroatoms. The van der Waals surface area contributed by atoms with Crippen molar-refractivity contribution >= 4 is 18.4 Å². The number of carbonyl (C=O) groups excluding carboxylic acids is 1. The average molecular weight is 159 g/mol. The molecule has 0 aliphatic heterocycles. The fraction of sp³-hybridized carbons (Fsp3) is 0. The van der Waals surface area contributed by atoms with Crippen LogP contribution < -0.4 is 34.2 Å². The van der Waals surface area contributed by atoms with E-state index >= 15 is 0 Å². The highest BCUT2D eigenvalue weighted by Gasteiger charge is 1.82. The number of halogens is 1. The van der Waals surface area contributed by atoms with Crippen molar-refractivity contribution in [3.05, 3.63) is 0 Å². The summed E-state index contributed by atoms with van der Waals surface area (Å²) in [6, 6.07) is -0.602. The van der Waals surface area contributed by atoms with Crippen molar-refractivity contribution in [2.45, 2.75) is 0 Å². The van der Waals surface area contributed by atoms with Gasteiger partial charge in [-0.05, 0) is 0 Å². The van der Waals surface area contributed by atoms with Gasteiger partial charge in [0.1, 0.15) is 0 Å². The third-order valence-corrected chi connectivity index (χ3v) is 0.262. The van der Waals surface area contributed by atoms with Crippen LogP contribution in [0.4, 0.5) is 4.79 Å². The Morgan fingerprint density at radius 3 is 1.33 bits per heavy atom. The Bertz CT molecular complexity index is 51.0. The van der Waals surface area contributed by atoms with Crippen LogP contribution in [0.15, 0.2) is 0 Å². The third-order valence-electron chi connectivity index (χ3n) is 0.262. The van der Waals surface area contributed by atoms with Crippen molar-refractivity contribution in [3.63, 3.8) is 0 Å². The Labute approximate surface area is 58.4 Å². The van der Waals surface area contributed by atoms with Crippen molar-refractivity contribution in [1.82, 2.24) is 10.9 Å². The van der Waals surface area contributed by atoms with Gasteiger partial charge in [-0.25, -0.2) is 16.5 Å². The lowest BCUT2D eigenvalue weighted by atomic mass is 11.1. The third kappa shape index (κ3) is 18.7. The largest absolute Gasteiger partial charge is 0.343 e. The van der Waals surface area contributed by atoms with Crippen LogP contribution in [0.2, 0.25) is 0 Å². The molecule has 0 unspecified atom stereocenters. The van der Waals surface area contributed by atoms with Crippen LogP contribution in [0, 0.1) is 0 Å². The van der Waals surface area contributed by atoms with E-state index in [1.165, 1.54) is 0 Å². The number of rotatable bonds is 0. The molecule has 7 nitrogen and oxygen atoms in total. The molecule has 0 aromatic heterocycles. The molecule has 0 atom stereocenters. The van der Waals surface area contributed by atoms with E-state index in [4.69, 9.17) is 0 Å². The Morgan fingerprint density at radius 2 is 1.33 bits per heavy atom. The van der Waals surface area contributed by atoms with Gasteiger partial charge < -0.3 is 0 Å². The smallest absolute Gasteiger partial charge is 0.275 e. The van der Waals surface area contributed by atoms with E-state index in [0.29, 0.717) is 0 Å². The minimum atomic E-state index is -0.602. The van der Waals surface area contributed by atoms with Gasteiger partial charge >= 0.3 is 6.03 Å². The fourth-order valence-corrected chi connectivity index (χ4v) is 0.0417. The SMILES string of the molecule is Cl.NN.NNC(=O)NN. The molecule has 2 amide bonds. The van der Waals surface area contributed by atoms with Crippen molar-refractivity contribution < 1.29 is 4.79 Å². The number of hydrazine groups is 3. The van der Waals surface area contributed by atoms with Crippen LogP contribution in [0.3, 0.4) is 0 Å². The van der Waals surface area contributed by atoms with E-state index < -0.39 is 6.03 Å². The van der Waals surface area contributed by atoms with E-state index in [9.17, 15) is 4.79 Å². The van der Waals surface area contributed by atoms with E-state index in [-0.39, 0.29) is 12.4 Å². The maximum Gasteiger partial charge on any atom is 0.343 e. The topological polar surface area (TPSA) is 145 Å². The summed E-state index contributed by atoms with van der Waals surface area (Å²) in [5, 5.41) is 0. The Kier molecular flexibility index (Phi) is 27.4. The molecule has 0 aliphatic rings. The lowest BCUT2D eigenvalue weighted by Gasteiger charge is -1.90. The molecule has 0 heterocycles. The van der Waals surface area contributed by atoms with Crippen LogP contribution in [0.1, 0.15) is 0 Å². The second-order valence-electron chi connectivity index (χ2n) is 0.618. The number of nitrogens with one attached hydrogen (secondary N) is 2. The molecule has 0 saturated carbocycles. The molecule has 0 radical (unpaired) electrons. The number of carbonyl (C=O) groups is 1. The average Bonchev–Trinajstić information content (AvgIpc) is 1.91. The molecule has 0 rings (SSSR count). The quantitative estimate of drug-likeness (QED) is 0.129. The summed E-state index contributed by atoms with van der Waals surface area (Å²) in [7, 11) is 0. The molecule has 0 aliphatic carbocycles. The van der Waals surface area contributed by atoms with Gasteiger partial charge in [0.15, 0.2) is 0 Å². The Balaban J connectivity index is -0.000000109. The highest BCUT2D eigenvalue weighted by Crippen LogP contribution is 1.42. The van der Waals surface area contributed by atoms with Gasteiger partial charge in [-0.15, -0.1) is 12.4 Å². The molecule has 0 fully saturated rings. The van der Waals surface area contributed by atoms with Crippen LogP contribution in [-0.4, -0.2) is 6.03 Å². The summed E-state index contributed by atoms with van der Waals surface area (Å²) >= 11 is 0. The Morgan fingerprint density at radius 1 is 1.11 bits per heavy atom. The number of hydrogen-bond acceptors (Lipinski definition) is 5. The predicted molar refractivity (Wildman–Crippen MR) is 35.7 cm³/mol. The summed E-state index contributed by atoms with van der Waals surface area (Å²) in [5.41, 5.74) is 3.48. The number of amides is 2. The highest BCUT2D eigenvalue weighted by atomic mass is 35.5. The number of nitrogens with two attached hydrogens (primary N) is 4. The predicted octanol–water partition coefficient (Wildman–Crippen LogP) is -2.73. The molecule has 0 aromatic carbocycles. The molecule has 0 aromatic rings. The minimum absolute atomic E-state index is 0. The van der Waals surface area contributed by atoms with E-state index in [2.05, 4.69) is 23.4 Å². The van der Waals surface area contributed by atoms with Crippen molar-refractivity contribution in [1.29, 1.82) is 0 Å². The van der Waals surface area contributed by atoms with Gasteiger partial charge in [-0.1, -0.05) is 0 Å². The minimum Gasteiger partial charge on any atom is -0.275 e. The molecular formula is CH11ClN6O. The van der Waals surface area contributed by atoms with E-state index in [1.807, 2.05) is 0 Å². The second kappa shape index (κ2) is 15.7. The first kappa shape index (κ1) is 15.8. The fourth-order valence-electron chi connectivity index (χ4n) is 0.0417. The monoisotopic (exact) mass is 158 g/mol. The van der Waals surface area contributed by atoms with Gasteiger partial charge in [-0.2, -0.15) is 0 Å². The first-order valence-electron chi connectivity index (χ1n) is 1.61. The lowest BCUT2D eigenvalue weighted by molar-refractivity contribution is 0.241. The van der Waals surface area contributed by atoms with Crippen molar-refractivity contribution in [3.8, 4) is 0 Å². The first-order valence-corrected chi connectivity index (χ1v) is 1.61. The molecular weight excluding hydrogens is 148 g/mol. The molecule has 10 N–H and O–H groups in total. The zero-order valence-electron chi connectivity index (χ0n) is 4.63. The van der Waals surface area contributed by atoms with Crippen LogP contribution in [0.25, 0.3) is 0 Å².